The van der Waals surface area contributed by atoms with Crippen LogP contribution in [0.25, 0.3) is 0 Å². The molecule has 5 heteroatoms. The minimum Gasteiger partial charge on any atom is -0.380 e. The van der Waals surface area contributed by atoms with Gasteiger partial charge in [-0.25, -0.2) is 0 Å². The van der Waals surface area contributed by atoms with Gasteiger partial charge >= 0.3 is 0 Å². The lowest BCUT2D eigenvalue weighted by Gasteiger charge is -2.23. The predicted molar refractivity (Wildman–Crippen MR) is 81.7 cm³/mol. The fraction of sp³-hybridized carbons (Fsp3) is 0.933. The number of hydrogen-bond acceptors (Lipinski definition) is 5. The van der Waals surface area contributed by atoms with Crippen LogP contribution in [0, 0.1) is 11.3 Å². The average molecular weight is 285 g/mol. The fourth-order valence-corrected chi connectivity index (χ4v) is 1.85. The molecular formula is C15H31N3O2. The Kier molecular flexibility index (Phi) is 14.2. The van der Waals surface area contributed by atoms with Crippen molar-refractivity contribution < 1.29 is 9.47 Å². The molecule has 1 unspecified atom stereocenters. The van der Waals surface area contributed by atoms with Crippen LogP contribution in [0.3, 0.4) is 0 Å². The van der Waals surface area contributed by atoms with Crippen LogP contribution >= 0.6 is 0 Å². The molecule has 0 aliphatic rings. The summed E-state index contributed by atoms with van der Waals surface area (Å²) in [6, 6.07) is 2.27. The number of nitrogens with zero attached hydrogens (tertiary/aromatic N) is 2. The highest BCUT2D eigenvalue weighted by Gasteiger charge is 2.10. The van der Waals surface area contributed by atoms with Crippen molar-refractivity contribution in [2.75, 3.05) is 52.6 Å². The molecule has 0 rings (SSSR count). The van der Waals surface area contributed by atoms with Crippen molar-refractivity contribution in [1.82, 2.24) is 10.2 Å². The number of nitrogens with one attached hydrogen (secondary N) is 1. The lowest BCUT2D eigenvalue weighted by atomic mass is 10.2. The van der Waals surface area contributed by atoms with E-state index in [0.717, 1.165) is 65.4 Å². The van der Waals surface area contributed by atoms with Crippen LogP contribution in [0.4, 0.5) is 0 Å². The molecular weight excluding hydrogens is 254 g/mol. The molecule has 0 radical (unpaired) electrons. The first-order valence-electron chi connectivity index (χ1n) is 7.79. The van der Waals surface area contributed by atoms with E-state index in [1.54, 1.807) is 0 Å². The van der Waals surface area contributed by atoms with Gasteiger partial charge in [0.25, 0.3) is 0 Å². The fourth-order valence-electron chi connectivity index (χ4n) is 1.85. The summed E-state index contributed by atoms with van der Waals surface area (Å²) in [4.78, 5) is 2.31. The Hall–Kier alpha value is -0.670. The highest BCUT2D eigenvalue weighted by Crippen LogP contribution is 1.98. The maximum absolute atomic E-state index is 9.11. The van der Waals surface area contributed by atoms with Crippen LogP contribution in [-0.2, 0) is 9.47 Å². The number of nitriles is 1. The summed E-state index contributed by atoms with van der Waals surface area (Å²) in [5, 5.41) is 12.4. The summed E-state index contributed by atoms with van der Waals surface area (Å²) < 4.78 is 10.8. The first-order valence-corrected chi connectivity index (χ1v) is 7.79. The molecule has 0 aliphatic heterocycles. The zero-order chi connectivity index (χ0) is 15.1. The van der Waals surface area contributed by atoms with Gasteiger partial charge in [0, 0.05) is 32.8 Å². The Morgan fingerprint density at radius 2 is 1.65 bits per heavy atom. The third-order valence-electron chi connectivity index (χ3n) is 3.04. The van der Waals surface area contributed by atoms with Crippen molar-refractivity contribution in [2.24, 2.45) is 0 Å². The summed E-state index contributed by atoms with van der Waals surface area (Å²) >= 11 is 0. The Bertz CT molecular complexity index is 234. The van der Waals surface area contributed by atoms with Gasteiger partial charge in [-0.2, -0.15) is 5.26 Å². The van der Waals surface area contributed by atoms with E-state index in [1.165, 1.54) is 0 Å². The minimum atomic E-state index is -0.0587. The smallest absolute Gasteiger partial charge is 0.0965 e. The van der Waals surface area contributed by atoms with Crippen LogP contribution in [0.1, 0.15) is 33.6 Å². The van der Waals surface area contributed by atoms with Crippen LogP contribution in [-0.4, -0.2) is 63.5 Å². The van der Waals surface area contributed by atoms with Gasteiger partial charge in [0.15, 0.2) is 0 Å². The SMILES string of the molecule is CCCNC(C#N)CCN(CCOCC)CCOCC. The van der Waals surface area contributed by atoms with E-state index in [4.69, 9.17) is 14.7 Å². The van der Waals surface area contributed by atoms with E-state index in [2.05, 4.69) is 23.2 Å². The normalized spacial score (nSPS) is 12.6. The van der Waals surface area contributed by atoms with Crippen molar-refractivity contribution >= 4 is 0 Å². The molecule has 1 atom stereocenters. The Balaban J connectivity index is 4.00. The molecule has 0 fully saturated rings. The van der Waals surface area contributed by atoms with Crippen molar-refractivity contribution in [2.45, 2.75) is 39.7 Å². The molecule has 0 aromatic heterocycles. The predicted octanol–water partition coefficient (Wildman–Crippen LogP) is 1.64. The molecule has 0 spiro atoms. The Labute approximate surface area is 124 Å². The summed E-state index contributed by atoms with van der Waals surface area (Å²) in [6.45, 7) is 12.7. The van der Waals surface area contributed by atoms with E-state index in [0.29, 0.717) is 0 Å². The zero-order valence-corrected chi connectivity index (χ0v) is 13.4. The van der Waals surface area contributed by atoms with Crippen molar-refractivity contribution in [1.29, 1.82) is 5.26 Å². The molecule has 0 saturated carbocycles. The monoisotopic (exact) mass is 285 g/mol. The van der Waals surface area contributed by atoms with Crippen LogP contribution in [0.2, 0.25) is 0 Å². The van der Waals surface area contributed by atoms with E-state index in [9.17, 15) is 0 Å². The topological polar surface area (TPSA) is 57.5 Å². The first-order chi connectivity index (χ1) is 9.78. The summed E-state index contributed by atoms with van der Waals surface area (Å²) in [6.07, 6.45) is 1.89. The molecule has 0 heterocycles. The van der Waals surface area contributed by atoms with Crippen molar-refractivity contribution in [3.05, 3.63) is 0 Å². The zero-order valence-electron chi connectivity index (χ0n) is 13.4. The highest BCUT2D eigenvalue weighted by atomic mass is 16.5. The number of ether oxygens (including phenoxy) is 2. The first kappa shape index (κ1) is 19.3. The quantitative estimate of drug-likeness (QED) is 0.492. The number of hydrogen-bond donors (Lipinski definition) is 1. The van der Waals surface area contributed by atoms with Gasteiger partial charge in [0.05, 0.1) is 25.3 Å². The van der Waals surface area contributed by atoms with Gasteiger partial charge in [-0.05, 0) is 33.2 Å². The van der Waals surface area contributed by atoms with Gasteiger partial charge < -0.3 is 14.8 Å². The standard InChI is InChI=1S/C15H31N3O2/c1-4-8-17-15(14-16)7-9-18(10-12-19-5-2)11-13-20-6-3/h15,17H,4-13H2,1-3H3. The molecule has 0 aliphatic carbocycles. The summed E-state index contributed by atoms with van der Waals surface area (Å²) in [5.41, 5.74) is 0. The molecule has 0 saturated heterocycles. The second kappa shape index (κ2) is 14.7. The molecule has 0 aromatic carbocycles. The Morgan fingerprint density at radius 3 is 2.10 bits per heavy atom. The average Bonchev–Trinajstić information content (AvgIpc) is 2.47. The van der Waals surface area contributed by atoms with Crippen LogP contribution < -0.4 is 5.32 Å². The molecule has 5 nitrogen and oxygen atoms in total. The molecule has 0 amide bonds. The van der Waals surface area contributed by atoms with Gasteiger partial charge in [-0.15, -0.1) is 0 Å². The van der Waals surface area contributed by atoms with E-state index < -0.39 is 0 Å². The number of rotatable bonds is 14. The largest absolute Gasteiger partial charge is 0.380 e. The molecule has 20 heavy (non-hydrogen) atoms. The molecule has 1 N–H and O–H groups in total. The van der Waals surface area contributed by atoms with Gasteiger partial charge in [-0.1, -0.05) is 6.92 Å². The van der Waals surface area contributed by atoms with E-state index in [1.807, 2.05) is 13.8 Å². The van der Waals surface area contributed by atoms with Gasteiger partial charge in [0.1, 0.15) is 0 Å². The maximum atomic E-state index is 9.11. The van der Waals surface area contributed by atoms with E-state index >= 15 is 0 Å². The summed E-state index contributed by atoms with van der Waals surface area (Å²) in [5.74, 6) is 0. The minimum absolute atomic E-state index is 0.0587. The maximum Gasteiger partial charge on any atom is 0.0965 e. The van der Waals surface area contributed by atoms with Gasteiger partial charge in [-0.3, -0.25) is 4.90 Å². The van der Waals surface area contributed by atoms with E-state index in [-0.39, 0.29) is 6.04 Å². The second-order valence-corrected chi connectivity index (χ2v) is 4.66. The van der Waals surface area contributed by atoms with Crippen LogP contribution in [0.15, 0.2) is 0 Å². The lowest BCUT2D eigenvalue weighted by Crippen LogP contribution is -2.37. The summed E-state index contributed by atoms with van der Waals surface area (Å²) in [7, 11) is 0. The third kappa shape index (κ3) is 11.2. The third-order valence-corrected chi connectivity index (χ3v) is 3.04. The van der Waals surface area contributed by atoms with Gasteiger partial charge in [0.2, 0.25) is 0 Å². The second-order valence-electron chi connectivity index (χ2n) is 4.66. The molecule has 0 bridgehead atoms. The Morgan fingerprint density at radius 1 is 1.05 bits per heavy atom. The van der Waals surface area contributed by atoms with Crippen molar-refractivity contribution in [3.63, 3.8) is 0 Å². The molecule has 0 aromatic rings. The molecule has 118 valence electrons. The lowest BCUT2D eigenvalue weighted by molar-refractivity contribution is 0.0817. The van der Waals surface area contributed by atoms with Crippen molar-refractivity contribution in [3.8, 4) is 6.07 Å². The highest BCUT2D eigenvalue weighted by molar-refractivity contribution is 4.90. The van der Waals surface area contributed by atoms with Crippen LogP contribution in [0.5, 0.6) is 0 Å².